The minimum absolute atomic E-state index is 0.183. The van der Waals surface area contributed by atoms with Crippen molar-refractivity contribution in [2.45, 2.75) is 0 Å². The number of hydrogen-bond acceptors (Lipinski definition) is 3. The summed E-state index contributed by atoms with van der Waals surface area (Å²) < 4.78 is 5.99. The van der Waals surface area contributed by atoms with Crippen LogP contribution in [0.1, 0.15) is 10.4 Å². The Balaban J connectivity index is 1.76. The minimum Gasteiger partial charge on any atom is -0.447 e. The Morgan fingerprint density at radius 3 is 2.64 bits per heavy atom. The number of nitrogens with one attached hydrogen (secondary N) is 1. The van der Waals surface area contributed by atoms with Crippen LogP contribution in [0.4, 0.5) is 16.2 Å². The van der Waals surface area contributed by atoms with Gasteiger partial charge < -0.3 is 10.1 Å². The Hall–Kier alpha value is -2.09. The zero-order chi connectivity index (χ0) is 15.5. The van der Waals surface area contributed by atoms with Crippen LogP contribution in [0.5, 0.6) is 0 Å². The van der Waals surface area contributed by atoms with Crippen molar-refractivity contribution in [1.82, 2.24) is 0 Å². The molecule has 5 nitrogen and oxygen atoms in total. The van der Waals surface area contributed by atoms with Crippen LogP contribution in [0.2, 0.25) is 0 Å². The van der Waals surface area contributed by atoms with Gasteiger partial charge in [0.2, 0.25) is 0 Å². The molecule has 0 aromatic heterocycles. The second-order valence-electron chi connectivity index (χ2n) is 4.78. The standard InChI is InChI=1S/C16H13IN2O3/c17-12-6-4-11(5-7-12)15(20)18-13-2-1-3-14(10-13)19-8-9-22-16(19)21/h1-7,10H,8-9H2,(H,18,20). The van der Waals surface area contributed by atoms with Crippen molar-refractivity contribution < 1.29 is 14.3 Å². The summed E-state index contributed by atoms with van der Waals surface area (Å²) in [5, 5.41) is 2.84. The molecule has 1 aliphatic rings. The molecule has 0 atom stereocenters. The average molecular weight is 408 g/mol. The van der Waals surface area contributed by atoms with Crippen molar-refractivity contribution in [3.05, 3.63) is 57.7 Å². The van der Waals surface area contributed by atoms with Gasteiger partial charge in [-0.3, -0.25) is 9.69 Å². The lowest BCUT2D eigenvalue weighted by molar-refractivity contribution is 0.102. The predicted octanol–water partition coefficient (Wildman–Crippen LogP) is 3.50. The van der Waals surface area contributed by atoms with Gasteiger partial charge in [-0.05, 0) is 65.1 Å². The second kappa shape index (κ2) is 6.35. The van der Waals surface area contributed by atoms with E-state index in [1.165, 1.54) is 0 Å². The van der Waals surface area contributed by atoms with E-state index in [0.717, 1.165) is 3.57 Å². The van der Waals surface area contributed by atoms with Crippen LogP contribution in [-0.4, -0.2) is 25.2 Å². The van der Waals surface area contributed by atoms with Crippen molar-refractivity contribution in [3.63, 3.8) is 0 Å². The maximum Gasteiger partial charge on any atom is 0.414 e. The van der Waals surface area contributed by atoms with Gasteiger partial charge in [0.05, 0.1) is 6.54 Å². The first kappa shape index (κ1) is 14.8. The first-order valence-electron chi connectivity index (χ1n) is 6.75. The lowest BCUT2D eigenvalue weighted by Crippen LogP contribution is -2.23. The number of anilines is 2. The van der Waals surface area contributed by atoms with Crippen LogP contribution in [0, 0.1) is 3.57 Å². The number of benzene rings is 2. The molecular formula is C16H13IN2O3. The maximum absolute atomic E-state index is 12.2. The number of cyclic esters (lactones) is 1. The summed E-state index contributed by atoms with van der Waals surface area (Å²) >= 11 is 2.19. The zero-order valence-corrected chi connectivity index (χ0v) is 13.7. The van der Waals surface area contributed by atoms with Gasteiger partial charge in [0.15, 0.2) is 0 Å². The molecule has 2 amide bonds. The second-order valence-corrected chi connectivity index (χ2v) is 6.02. The third-order valence-electron chi connectivity index (χ3n) is 3.28. The van der Waals surface area contributed by atoms with Crippen LogP contribution >= 0.6 is 22.6 Å². The molecule has 0 aliphatic carbocycles. The van der Waals surface area contributed by atoms with E-state index in [4.69, 9.17) is 4.74 Å². The third-order valence-corrected chi connectivity index (χ3v) is 4.00. The number of ether oxygens (including phenoxy) is 1. The summed E-state index contributed by atoms with van der Waals surface area (Å²) in [4.78, 5) is 25.3. The summed E-state index contributed by atoms with van der Waals surface area (Å²) in [6.45, 7) is 0.908. The van der Waals surface area contributed by atoms with E-state index in [1.54, 1.807) is 35.2 Å². The van der Waals surface area contributed by atoms with Crippen LogP contribution in [0.15, 0.2) is 48.5 Å². The lowest BCUT2D eigenvalue weighted by atomic mass is 10.2. The molecule has 0 saturated carbocycles. The number of rotatable bonds is 3. The molecule has 112 valence electrons. The van der Waals surface area contributed by atoms with Gasteiger partial charge >= 0.3 is 6.09 Å². The SMILES string of the molecule is O=C(Nc1cccc(N2CCOC2=O)c1)c1ccc(I)cc1. The van der Waals surface area contributed by atoms with E-state index in [1.807, 2.05) is 18.2 Å². The fraction of sp³-hybridized carbons (Fsp3) is 0.125. The highest BCUT2D eigenvalue weighted by atomic mass is 127. The fourth-order valence-corrected chi connectivity index (χ4v) is 2.54. The number of nitrogens with zero attached hydrogens (tertiary/aromatic N) is 1. The Morgan fingerprint density at radius 1 is 1.18 bits per heavy atom. The topological polar surface area (TPSA) is 58.6 Å². The van der Waals surface area contributed by atoms with Crippen molar-refractivity contribution in [2.75, 3.05) is 23.4 Å². The smallest absolute Gasteiger partial charge is 0.414 e. The highest BCUT2D eigenvalue weighted by molar-refractivity contribution is 14.1. The normalized spacial score (nSPS) is 13.9. The molecule has 22 heavy (non-hydrogen) atoms. The van der Waals surface area contributed by atoms with Crippen molar-refractivity contribution in [3.8, 4) is 0 Å². The maximum atomic E-state index is 12.2. The van der Waals surface area contributed by atoms with Gasteiger partial charge in [-0.2, -0.15) is 0 Å². The van der Waals surface area contributed by atoms with E-state index in [-0.39, 0.29) is 12.0 Å². The predicted molar refractivity (Wildman–Crippen MR) is 92.2 cm³/mol. The number of carbonyl (C=O) groups excluding carboxylic acids is 2. The molecular weight excluding hydrogens is 395 g/mol. The van der Waals surface area contributed by atoms with Gasteiger partial charge in [-0.25, -0.2) is 4.79 Å². The van der Waals surface area contributed by atoms with E-state index >= 15 is 0 Å². The van der Waals surface area contributed by atoms with Crippen LogP contribution < -0.4 is 10.2 Å². The molecule has 6 heteroatoms. The quantitative estimate of drug-likeness (QED) is 0.792. The van der Waals surface area contributed by atoms with E-state index < -0.39 is 0 Å². The molecule has 1 aliphatic heterocycles. The molecule has 0 spiro atoms. The van der Waals surface area contributed by atoms with Crippen molar-refractivity contribution in [2.24, 2.45) is 0 Å². The molecule has 2 aromatic rings. The molecule has 3 rings (SSSR count). The molecule has 0 bridgehead atoms. The molecule has 1 heterocycles. The molecule has 1 N–H and O–H groups in total. The largest absolute Gasteiger partial charge is 0.447 e. The summed E-state index contributed by atoms with van der Waals surface area (Å²) in [5.74, 6) is -0.183. The highest BCUT2D eigenvalue weighted by Gasteiger charge is 2.23. The van der Waals surface area contributed by atoms with E-state index in [9.17, 15) is 9.59 Å². The van der Waals surface area contributed by atoms with Crippen LogP contribution in [0.25, 0.3) is 0 Å². The van der Waals surface area contributed by atoms with Gasteiger partial charge in [0, 0.05) is 20.5 Å². The van der Waals surface area contributed by atoms with Crippen LogP contribution in [-0.2, 0) is 4.74 Å². The molecule has 1 fully saturated rings. The first-order valence-corrected chi connectivity index (χ1v) is 7.82. The summed E-state index contributed by atoms with van der Waals surface area (Å²) in [7, 11) is 0. The lowest BCUT2D eigenvalue weighted by Gasteiger charge is -2.14. The number of amides is 2. The molecule has 1 saturated heterocycles. The fourth-order valence-electron chi connectivity index (χ4n) is 2.18. The van der Waals surface area contributed by atoms with Gasteiger partial charge in [0.25, 0.3) is 5.91 Å². The van der Waals surface area contributed by atoms with Gasteiger partial charge in [0.1, 0.15) is 6.61 Å². The summed E-state index contributed by atoms with van der Waals surface area (Å²) in [6.07, 6.45) is -0.360. The number of halogens is 1. The van der Waals surface area contributed by atoms with E-state index in [0.29, 0.717) is 30.1 Å². The molecule has 0 radical (unpaired) electrons. The Labute approximate surface area is 141 Å². The number of carbonyl (C=O) groups is 2. The zero-order valence-electron chi connectivity index (χ0n) is 11.6. The monoisotopic (exact) mass is 408 g/mol. The van der Waals surface area contributed by atoms with Gasteiger partial charge in [-0.1, -0.05) is 6.07 Å². The first-order chi connectivity index (χ1) is 10.6. The Kier molecular flexibility index (Phi) is 4.28. The Morgan fingerprint density at radius 2 is 1.95 bits per heavy atom. The van der Waals surface area contributed by atoms with Crippen molar-refractivity contribution >= 4 is 46.0 Å². The summed E-state index contributed by atoms with van der Waals surface area (Å²) in [6, 6.07) is 14.5. The van der Waals surface area contributed by atoms with E-state index in [2.05, 4.69) is 27.9 Å². The summed E-state index contributed by atoms with van der Waals surface area (Å²) in [5.41, 5.74) is 1.94. The van der Waals surface area contributed by atoms with Crippen molar-refractivity contribution in [1.29, 1.82) is 0 Å². The molecule has 2 aromatic carbocycles. The number of hydrogen-bond donors (Lipinski definition) is 1. The van der Waals surface area contributed by atoms with Gasteiger partial charge in [-0.15, -0.1) is 0 Å². The minimum atomic E-state index is -0.360. The van der Waals surface area contributed by atoms with Crippen LogP contribution in [0.3, 0.4) is 0 Å². The molecule has 0 unspecified atom stereocenters. The third kappa shape index (κ3) is 3.22. The highest BCUT2D eigenvalue weighted by Crippen LogP contribution is 2.22. The average Bonchev–Trinajstić information content (AvgIpc) is 2.94. The Bertz CT molecular complexity index is 716.